The molecular weight excluding hydrogens is 252 g/mol. The second kappa shape index (κ2) is 6.59. The number of aromatic amines is 1. The third-order valence-electron chi connectivity index (χ3n) is 3.44. The van der Waals surface area contributed by atoms with Gasteiger partial charge in [-0.3, -0.25) is 9.59 Å². The van der Waals surface area contributed by atoms with Crippen molar-refractivity contribution in [1.29, 1.82) is 0 Å². The van der Waals surface area contributed by atoms with Crippen LogP contribution in [0.1, 0.15) is 37.0 Å². The Balaban J connectivity index is 2.69. The van der Waals surface area contributed by atoms with Gasteiger partial charge < -0.3 is 10.3 Å². The van der Waals surface area contributed by atoms with Crippen molar-refractivity contribution in [1.82, 2.24) is 10.3 Å². The van der Waals surface area contributed by atoms with Crippen LogP contribution in [0, 0.1) is 5.41 Å². The number of amides is 1. The summed E-state index contributed by atoms with van der Waals surface area (Å²) >= 11 is 5.97. The van der Waals surface area contributed by atoms with Crippen LogP contribution in [0.2, 0.25) is 0 Å². The van der Waals surface area contributed by atoms with Crippen LogP contribution in [0.5, 0.6) is 0 Å². The number of carbonyl (C=O) groups excluding carboxylic acids is 1. The van der Waals surface area contributed by atoms with Gasteiger partial charge in [0.1, 0.15) is 0 Å². The molecule has 100 valence electrons. The van der Waals surface area contributed by atoms with Gasteiger partial charge in [-0.15, -0.1) is 11.6 Å². The van der Waals surface area contributed by atoms with Crippen LogP contribution in [0.4, 0.5) is 0 Å². The third kappa shape index (κ3) is 3.60. The fourth-order valence-corrected chi connectivity index (χ4v) is 2.16. The standard InChI is InChI=1S/C13H19ClN2O2/c1-3-13(4-2,8-14)9-16-12(18)10-5-6-15-11(17)7-10/h5-7H,3-4,8-9H2,1-2H3,(H,15,17)(H,16,18). The molecule has 0 aliphatic carbocycles. The van der Waals surface area contributed by atoms with Crippen molar-refractivity contribution in [3.05, 3.63) is 34.2 Å². The maximum absolute atomic E-state index is 11.9. The minimum Gasteiger partial charge on any atom is -0.351 e. The summed E-state index contributed by atoms with van der Waals surface area (Å²) in [5.74, 6) is 0.271. The number of nitrogens with one attached hydrogen (secondary N) is 2. The molecule has 0 atom stereocenters. The van der Waals surface area contributed by atoms with E-state index in [2.05, 4.69) is 24.1 Å². The topological polar surface area (TPSA) is 62.0 Å². The molecule has 2 N–H and O–H groups in total. The Hall–Kier alpha value is -1.29. The molecule has 1 rings (SSSR count). The average Bonchev–Trinajstić information content (AvgIpc) is 2.40. The number of hydrogen-bond donors (Lipinski definition) is 2. The number of H-pyrrole nitrogens is 1. The molecule has 4 nitrogen and oxygen atoms in total. The van der Waals surface area contributed by atoms with E-state index in [4.69, 9.17) is 11.6 Å². The quantitative estimate of drug-likeness (QED) is 0.778. The molecule has 0 saturated carbocycles. The molecule has 1 aromatic heterocycles. The maximum Gasteiger partial charge on any atom is 0.251 e. The molecule has 0 radical (unpaired) electrons. The van der Waals surface area contributed by atoms with Crippen molar-refractivity contribution in [2.75, 3.05) is 12.4 Å². The molecule has 0 fully saturated rings. The number of halogens is 1. The monoisotopic (exact) mass is 270 g/mol. The summed E-state index contributed by atoms with van der Waals surface area (Å²) in [4.78, 5) is 25.5. The van der Waals surface area contributed by atoms with Crippen LogP contribution < -0.4 is 10.9 Å². The molecular formula is C13H19ClN2O2. The largest absolute Gasteiger partial charge is 0.351 e. The smallest absolute Gasteiger partial charge is 0.251 e. The third-order valence-corrected chi connectivity index (χ3v) is 4.01. The lowest BCUT2D eigenvalue weighted by molar-refractivity contribution is 0.0931. The van der Waals surface area contributed by atoms with Crippen molar-refractivity contribution < 1.29 is 4.79 Å². The highest BCUT2D eigenvalue weighted by Gasteiger charge is 2.25. The van der Waals surface area contributed by atoms with Crippen LogP contribution in [0.15, 0.2) is 23.1 Å². The zero-order valence-electron chi connectivity index (χ0n) is 10.8. The van der Waals surface area contributed by atoms with E-state index in [1.54, 1.807) is 6.07 Å². The van der Waals surface area contributed by atoms with E-state index in [1.165, 1.54) is 12.3 Å². The average molecular weight is 271 g/mol. The first kappa shape index (κ1) is 14.8. The van der Waals surface area contributed by atoms with E-state index in [1.807, 2.05) is 0 Å². The Morgan fingerprint density at radius 1 is 1.44 bits per heavy atom. The van der Waals surface area contributed by atoms with Gasteiger partial charge >= 0.3 is 0 Å². The van der Waals surface area contributed by atoms with Crippen molar-refractivity contribution >= 4 is 17.5 Å². The number of aromatic nitrogens is 1. The molecule has 18 heavy (non-hydrogen) atoms. The fourth-order valence-electron chi connectivity index (χ4n) is 1.69. The molecule has 0 unspecified atom stereocenters. The summed E-state index contributed by atoms with van der Waals surface area (Å²) in [5.41, 5.74) is 0.0185. The van der Waals surface area contributed by atoms with Gasteiger partial charge in [-0.05, 0) is 18.9 Å². The summed E-state index contributed by atoms with van der Waals surface area (Å²) in [5, 5.41) is 2.84. The van der Waals surface area contributed by atoms with E-state index in [0.29, 0.717) is 18.0 Å². The Kier molecular flexibility index (Phi) is 5.41. The second-order valence-electron chi connectivity index (χ2n) is 4.47. The van der Waals surface area contributed by atoms with Crippen LogP contribution in [0.25, 0.3) is 0 Å². The first-order valence-corrected chi connectivity index (χ1v) is 6.63. The molecule has 0 aliphatic rings. The maximum atomic E-state index is 11.9. The number of alkyl halides is 1. The van der Waals surface area contributed by atoms with E-state index < -0.39 is 0 Å². The number of rotatable bonds is 6. The number of carbonyl (C=O) groups is 1. The van der Waals surface area contributed by atoms with Gasteiger partial charge in [-0.2, -0.15) is 0 Å². The Morgan fingerprint density at radius 3 is 2.61 bits per heavy atom. The van der Waals surface area contributed by atoms with Crippen LogP contribution >= 0.6 is 11.6 Å². The normalized spacial score (nSPS) is 11.3. The molecule has 1 amide bonds. The minimum absolute atomic E-state index is 0.0710. The second-order valence-corrected chi connectivity index (χ2v) is 4.73. The van der Waals surface area contributed by atoms with Crippen molar-refractivity contribution in [2.45, 2.75) is 26.7 Å². The highest BCUT2D eigenvalue weighted by Crippen LogP contribution is 2.26. The van der Waals surface area contributed by atoms with Crippen molar-refractivity contribution in [3.63, 3.8) is 0 Å². The molecule has 0 bridgehead atoms. The Bertz CT molecular complexity index is 444. The van der Waals surface area contributed by atoms with E-state index in [0.717, 1.165) is 12.8 Å². The van der Waals surface area contributed by atoms with Gasteiger partial charge in [0.15, 0.2) is 0 Å². The Labute approximate surface area is 112 Å². The summed E-state index contributed by atoms with van der Waals surface area (Å²) in [7, 11) is 0. The van der Waals surface area contributed by atoms with Gasteiger partial charge in [-0.1, -0.05) is 13.8 Å². The summed E-state index contributed by atoms with van der Waals surface area (Å²) in [6.45, 7) is 4.64. The zero-order valence-corrected chi connectivity index (χ0v) is 11.5. The molecule has 0 aliphatic heterocycles. The summed E-state index contributed by atoms with van der Waals surface area (Å²) in [6, 6.07) is 2.87. The van der Waals surface area contributed by atoms with E-state index >= 15 is 0 Å². The minimum atomic E-state index is -0.280. The molecule has 1 heterocycles. The lowest BCUT2D eigenvalue weighted by Crippen LogP contribution is -2.38. The predicted molar refractivity (Wildman–Crippen MR) is 73.1 cm³/mol. The highest BCUT2D eigenvalue weighted by atomic mass is 35.5. The van der Waals surface area contributed by atoms with Gasteiger partial charge in [0.05, 0.1) is 0 Å². The molecule has 0 aromatic carbocycles. The molecule has 1 aromatic rings. The van der Waals surface area contributed by atoms with Crippen LogP contribution in [0.3, 0.4) is 0 Å². The Morgan fingerprint density at radius 2 is 2.11 bits per heavy atom. The van der Waals surface area contributed by atoms with E-state index in [9.17, 15) is 9.59 Å². The summed E-state index contributed by atoms with van der Waals surface area (Å²) < 4.78 is 0. The van der Waals surface area contributed by atoms with Gasteiger partial charge in [0.25, 0.3) is 5.91 Å². The fraction of sp³-hybridized carbons (Fsp3) is 0.538. The van der Waals surface area contributed by atoms with Crippen molar-refractivity contribution in [3.8, 4) is 0 Å². The van der Waals surface area contributed by atoms with Crippen LogP contribution in [-0.4, -0.2) is 23.3 Å². The highest BCUT2D eigenvalue weighted by molar-refractivity contribution is 6.18. The lowest BCUT2D eigenvalue weighted by atomic mass is 9.84. The van der Waals surface area contributed by atoms with Gasteiger partial charge in [0.2, 0.25) is 5.56 Å². The molecule has 5 heteroatoms. The number of pyridine rings is 1. The molecule has 0 spiro atoms. The van der Waals surface area contributed by atoms with Gasteiger partial charge in [0, 0.05) is 35.7 Å². The summed E-state index contributed by atoms with van der Waals surface area (Å²) in [6.07, 6.45) is 3.27. The lowest BCUT2D eigenvalue weighted by Gasteiger charge is -2.29. The van der Waals surface area contributed by atoms with Crippen LogP contribution in [-0.2, 0) is 0 Å². The zero-order chi connectivity index (χ0) is 13.6. The number of hydrogen-bond acceptors (Lipinski definition) is 2. The predicted octanol–water partition coefficient (Wildman–Crippen LogP) is 2.15. The van der Waals surface area contributed by atoms with Crippen molar-refractivity contribution in [2.24, 2.45) is 5.41 Å². The van der Waals surface area contributed by atoms with Gasteiger partial charge in [-0.25, -0.2) is 0 Å². The molecule has 0 saturated heterocycles. The van der Waals surface area contributed by atoms with E-state index in [-0.39, 0.29) is 16.9 Å². The first-order chi connectivity index (χ1) is 8.56. The first-order valence-electron chi connectivity index (χ1n) is 6.10. The SMILES string of the molecule is CCC(CC)(CCl)CNC(=O)c1cc[nH]c(=O)c1.